The van der Waals surface area contributed by atoms with Gasteiger partial charge in [-0.2, -0.15) is 4.98 Å². The summed E-state index contributed by atoms with van der Waals surface area (Å²) in [5, 5.41) is 7.51. The zero-order valence-corrected chi connectivity index (χ0v) is 13.7. The molecule has 0 saturated carbocycles. The number of benzene rings is 1. The van der Waals surface area contributed by atoms with Gasteiger partial charge in [0.15, 0.2) is 0 Å². The Labute approximate surface area is 132 Å². The number of hydrogen-bond donors (Lipinski definition) is 1. The van der Waals surface area contributed by atoms with E-state index in [1.54, 1.807) is 0 Å². The van der Waals surface area contributed by atoms with Crippen LogP contribution in [0.3, 0.4) is 0 Å². The Morgan fingerprint density at radius 2 is 2.00 bits per heavy atom. The van der Waals surface area contributed by atoms with Gasteiger partial charge in [-0.3, -0.25) is 0 Å². The van der Waals surface area contributed by atoms with Gasteiger partial charge in [0.05, 0.1) is 0 Å². The molecule has 0 radical (unpaired) electrons. The van der Waals surface area contributed by atoms with Gasteiger partial charge in [0.25, 0.3) is 0 Å². The van der Waals surface area contributed by atoms with E-state index in [1.165, 1.54) is 12.0 Å². The third kappa shape index (κ3) is 3.55. The molecule has 0 amide bonds. The zero-order chi connectivity index (χ0) is 15.6. The van der Waals surface area contributed by atoms with Gasteiger partial charge in [0, 0.05) is 12.0 Å². The summed E-state index contributed by atoms with van der Waals surface area (Å²) in [5.74, 6) is 2.20. The summed E-state index contributed by atoms with van der Waals surface area (Å²) in [4.78, 5) is 4.54. The van der Waals surface area contributed by atoms with E-state index in [2.05, 4.69) is 60.5 Å². The minimum Gasteiger partial charge on any atom is -0.339 e. The average Bonchev–Trinajstić information content (AvgIpc) is 3.16. The van der Waals surface area contributed by atoms with Crippen molar-refractivity contribution in [2.75, 3.05) is 13.1 Å². The van der Waals surface area contributed by atoms with Crippen LogP contribution in [0.4, 0.5) is 0 Å². The predicted octanol–water partition coefficient (Wildman–Crippen LogP) is 3.58. The predicted molar refractivity (Wildman–Crippen MR) is 87.7 cm³/mol. The molecule has 4 nitrogen and oxygen atoms in total. The highest BCUT2D eigenvalue weighted by Crippen LogP contribution is 2.25. The molecular weight excluding hydrogens is 274 g/mol. The Morgan fingerprint density at radius 1 is 1.23 bits per heavy atom. The highest BCUT2D eigenvalue weighted by Gasteiger charge is 2.17. The van der Waals surface area contributed by atoms with Gasteiger partial charge in [0.2, 0.25) is 11.7 Å². The van der Waals surface area contributed by atoms with Gasteiger partial charge >= 0.3 is 0 Å². The summed E-state index contributed by atoms with van der Waals surface area (Å²) in [6.45, 7) is 8.90. The molecule has 0 bridgehead atoms. The second-order valence-electron chi connectivity index (χ2n) is 7.24. The lowest BCUT2D eigenvalue weighted by Gasteiger charge is -2.18. The minimum atomic E-state index is 0.163. The SMILES string of the molecule is CC(C)(C)c1ccc(-c2noc(CCC3CCNC3)n2)cc1. The highest BCUT2D eigenvalue weighted by molar-refractivity contribution is 5.55. The van der Waals surface area contributed by atoms with Crippen molar-refractivity contribution in [3.63, 3.8) is 0 Å². The Bertz CT molecular complexity index is 604. The van der Waals surface area contributed by atoms with E-state index < -0.39 is 0 Å². The number of nitrogens with zero attached hydrogens (tertiary/aromatic N) is 2. The van der Waals surface area contributed by atoms with Gasteiger partial charge in [-0.1, -0.05) is 50.2 Å². The van der Waals surface area contributed by atoms with Crippen molar-refractivity contribution in [1.29, 1.82) is 0 Å². The standard InChI is InChI=1S/C18H25N3O/c1-18(2,3)15-7-5-14(6-8-15)17-20-16(22-21-17)9-4-13-10-11-19-12-13/h5-8,13,19H,4,9-12H2,1-3H3. The number of nitrogens with one attached hydrogen (secondary N) is 1. The quantitative estimate of drug-likeness (QED) is 0.937. The summed E-state index contributed by atoms with van der Waals surface area (Å²) in [6.07, 6.45) is 3.26. The van der Waals surface area contributed by atoms with Crippen molar-refractivity contribution in [1.82, 2.24) is 15.5 Å². The molecule has 0 spiro atoms. The van der Waals surface area contributed by atoms with Crippen LogP contribution in [0.25, 0.3) is 11.4 Å². The lowest BCUT2D eigenvalue weighted by Crippen LogP contribution is -2.10. The topological polar surface area (TPSA) is 51.0 Å². The van der Waals surface area contributed by atoms with Crippen LogP contribution in [0, 0.1) is 5.92 Å². The first-order valence-corrected chi connectivity index (χ1v) is 8.16. The normalized spacial score (nSPS) is 18.8. The Kier molecular flexibility index (Phi) is 4.30. The smallest absolute Gasteiger partial charge is 0.226 e. The summed E-state index contributed by atoms with van der Waals surface area (Å²) >= 11 is 0. The van der Waals surface area contributed by atoms with Gasteiger partial charge in [-0.05, 0) is 42.8 Å². The largest absolute Gasteiger partial charge is 0.339 e. The van der Waals surface area contributed by atoms with Gasteiger partial charge in [-0.15, -0.1) is 0 Å². The molecule has 1 aliphatic rings. The molecule has 1 atom stereocenters. The third-order valence-corrected chi connectivity index (χ3v) is 4.41. The first kappa shape index (κ1) is 15.2. The first-order chi connectivity index (χ1) is 10.5. The van der Waals surface area contributed by atoms with Crippen molar-refractivity contribution in [3.8, 4) is 11.4 Å². The van der Waals surface area contributed by atoms with E-state index >= 15 is 0 Å². The van der Waals surface area contributed by atoms with E-state index in [4.69, 9.17) is 4.52 Å². The number of rotatable bonds is 4. The summed E-state index contributed by atoms with van der Waals surface area (Å²) in [6, 6.07) is 8.46. The second kappa shape index (κ2) is 6.21. The highest BCUT2D eigenvalue weighted by atomic mass is 16.5. The third-order valence-electron chi connectivity index (χ3n) is 4.41. The number of hydrogen-bond acceptors (Lipinski definition) is 4. The Hall–Kier alpha value is -1.68. The number of aromatic nitrogens is 2. The Balaban J connectivity index is 1.65. The van der Waals surface area contributed by atoms with Crippen LogP contribution in [0.1, 0.15) is 45.1 Å². The van der Waals surface area contributed by atoms with Crippen molar-refractivity contribution in [2.24, 2.45) is 5.92 Å². The fraction of sp³-hybridized carbons (Fsp3) is 0.556. The van der Waals surface area contributed by atoms with Crippen LogP contribution in [0.2, 0.25) is 0 Å². The average molecular weight is 299 g/mol. The molecule has 1 unspecified atom stereocenters. The molecule has 0 aliphatic carbocycles. The lowest BCUT2D eigenvalue weighted by molar-refractivity contribution is 0.365. The lowest BCUT2D eigenvalue weighted by atomic mass is 9.87. The van der Waals surface area contributed by atoms with Gasteiger partial charge in [-0.25, -0.2) is 0 Å². The van der Waals surface area contributed by atoms with Crippen LogP contribution in [0.5, 0.6) is 0 Å². The van der Waals surface area contributed by atoms with Crippen molar-refractivity contribution >= 4 is 0 Å². The maximum atomic E-state index is 5.39. The summed E-state index contributed by atoms with van der Waals surface area (Å²) in [5.41, 5.74) is 2.50. The van der Waals surface area contributed by atoms with E-state index in [1.807, 2.05) is 0 Å². The molecule has 3 rings (SSSR count). The molecule has 1 N–H and O–H groups in total. The molecule has 1 aromatic carbocycles. The monoisotopic (exact) mass is 299 g/mol. The molecule has 1 aliphatic heterocycles. The van der Waals surface area contributed by atoms with E-state index in [9.17, 15) is 0 Å². The van der Waals surface area contributed by atoms with Crippen LogP contribution < -0.4 is 5.32 Å². The van der Waals surface area contributed by atoms with Crippen molar-refractivity contribution in [2.45, 2.75) is 45.4 Å². The molecular formula is C18H25N3O. The Morgan fingerprint density at radius 3 is 2.64 bits per heavy atom. The second-order valence-corrected chi connectivity index (χ2v) is 7.24. The summed E-state index contributed by atoms with van der Waals surface area (Å²) in [7, 11) is 0. The molecule has 4 heteroatoms. The molecule has 118 valence electrons. The summed E-state index contributed by atoms with van der Waals surface area (Å²) < 4.78 is 5.39. The fourth-order valence-corrected chi connectivity index (χ4v) is 2.88. The first-order valence-electron chi connectivity index (χ1n) is 8.16. The van der Waals surface area contributed by atoms with Gasteiger partial charge < -0.3 is 9.84 Å². The number of aryl methyl sites for hydroxylation is 1. The molecule has 2 heterocycles. The molecule has 1 fully saturated rings. The molecule has 1 saturated heterocycles. The maximum Gasteiger partial charge on any atom is 0.226 e. The van der Waals surface area contributed by atoms with Crippen LogP contribution in [-0.2, 0) is 11.8 Å². The zero-order valence-electron chi connectivity index (χ0n) is 13.7. The van der Waals surface area contributed by atoms with E-state index in [0.29, 0.717) is 5.82 Å². The molecule has 2 aromatic rings. The fourth-order valence-electron chi connectivity index (χ4n) is 2.88. The van der Waals surface area contributed by atoms with Crippen LogP contribution in [-0.4, -0.2) is 23.2 Å². The van der Waals surface area contributed by atoms with E-state index in [-0.39, 0.29) is 5.41 Å². The van der Waals surface area contributed by atoms with Crippen LogP contribution >= 0.6 is 0 Å². The van der Waals surface area contributed by atoms with Gasteiger partial charge in [0.1, 0.15) is 0 Å². The maximum absolute atomic E-state index is 5.39. The molecule has 22 heavy (non-hydrogen) atoms. The van der Waals surface area contributed by atoms with Crippen molar-refractivity contribution in [3.05, 3.63) is 35.7 Å². The van der Waals surface area contributed by atoms with Crippen molar-refractivity contribution < 1.29 is 4.52 Å². The molecule has 1 aromatic heterocycles. The van der Waals surface area contributed by atoms with E-state index in [0.717, 1.165) is 43.3 Å². The minimum absolute atomic E-state index is 0.163. The van der Waals surface area contributed by atoms with Crippen LogP contribution in [0.15, 0.2) is 28.8 Å².